The van der Waals surface area contributed by atoms with E-state index in [4.69, 9.17) is 20.9 Å². The first-order valence-electron chi connectivity index (χ1n) is 20.6. The molecule has 2 aliphatic rings. The number of hydrogen-bond donors (Lipinski definition) is 2. The summed E-state index contributed by atoms with van der Waals surface area (Å²) in [6.45, 7) is 20.9. The third-order valence-electron chi connectivity index (χ3n) is 11.3. The Morgan fingerprint density at radius 1 is 0.600 bits per heavy atom. The van der Waals surface area contributed by atoms with Crippen LogP contribution in [0.2, 0.25) is 0 Å². The Kier molecular flexibility index (Phi) is 15.8. The zero-order chi connectivity index (χ0) is 44.4. The first-order chi connectivity index (χ1) is 28.3. The average Bonchev–Trinajstić information content (AvgIpc) is 3.19. The number of ketones is 2. The molecular weight excluding hydrogens is 745 g/mol. The molecular formula is C52H66N4O4+2. The minimum atomic E-state index is -0.354. The van der Waals surface area contributed by atoms with Crippen molar-refractivity contribution in [3.05, 3.63) is 166 Å². The van der Waals surface area contributed by atoms with Crippen LogP contribution < -0.4 is 30.1 Å². The van der Waals surface area contributed by atoms with Gasteiger partial charge in [0.15, 0.2) is 12.4 Å². The van der Waals surface area contributed by atoms with Crippen molar-refractivity contribution in [3.8, 4) is 11.8 Å². The summed E-state index contributed by atoms with van der Waals surface area (Å²) in [5, 5.41) is 0. The zero-order valence-electron chi connectivity index (χ0n) is 37.8. The molecule has 316 valence electrons. The lowest BCUT2D eigenvalue weighted by molar-refractivity contribution is -0.715. The van der Waals surface area contributed by atoms with E-state index in [0.717, 1.165) is 44.6 Å². The summed E-state index contributed by atoms with van der Waals surface area (Å²) >= 11 is 0. The molecule has 0 spiro atoms. The van der Waals surface area contributed by atoms with Crippen LogP contribution in [0.5, 0.6) is 11.8 Å². The third-order valence-corrected chi connectivity index (χ3v) is 11.3. The topological polar surface area (TPSA) is 112 Å². The normalized spacial score (nSPS) is 20.9. The molecule has 2 aliphatic carbocycles. The number of methoxy groups -OCH3 is 2. The number of rotatable bonds is 14. The standard InChI is InChI=1S/C52H64N4O4/c1-35(19-15-21-37(3)23-25-43-39(5)49(57)45(33-51(43,7)8)55-29-27-41(53)31-47(55)59-11)17-13-14-18-36(2)20-16-22-38(4)24-26-44-40(6)50(58)46(34-52(44,9)10)56-30-28-42(54)32-48(56)60-12/h13-32,45-46,53-54H,33-34H2,1-12H3/p+2/b14-13+,19-15+,20-16+,25-23+,26-24+,35-17+,36-18+,37-21+,38-22+. The summed E-state index contributed by atoms with van der Waals surface area (Å²) in [4.78, 5) is 27.2. The highest BCUT2D eigenvalue weighted by Crippen LogP contribution is 2.44. The molecule has 2 unspecified atom stereocenters. The van der Waals surface area contributed by atoms with E-state index in [0.29, 0.717) is 36.0 Å². The summed E-state index contributed by atoms with van der Waals surface area (Å²) in [7, 11) is 3.19. The lowest BCUT2D eigenvalue weighted by atomic mass is 9.70. The van der Waals surface area contributed by atoms with E-state index >= 15 is 0 Å². The minimum absolute atomic E-state index is 0.0912. The van der Waals surface area contributed by atoms with Crippen LogP contribution >= 0.6 is 0 Å². The van der Waals surface area contributed by atoms with Crippen molar-refractivity contribution in [1.29, 1.82) is 0 Å². The Labute approximate surface area is 358 Å². The number of pyridine rings is 2. The summed E-state index contributed by atoms with van der Waals surface area (Å²) in [5.74, 6) is 1.33. The van der Waals surface area contributed by atoms with Crippen molar-refractivity contribution in [2.24, 2.45) is 10.8 Å². The predicted molar refractivity (Wildman–Crippen MR) is 246 cm³/mol. The molecule has 8 nitrogen and oxygen atoms in total. The molecule has 0 aliphatic heterocycles. The number of nitrogen functional groups attached to an aromatic ring is 2. The molecule has 2 aromatic heterocycles. The quantitative estimate of drug-likeness (QED) is 0.145. The van der Waals surface area contributed by atoms with Gasteiger partial charge in [-0.3, -0.25) is 9.59 Å². The monoisotopic (exact) mass is 811 g/mol. The number of nitrogens with zero attached hydrogens (tertiary/aromatic N) is 2. The maximum atomic E-state index is 13.6. The van der Waals surface area contributed by atoms with Crippen LogP contribution in [0.4, 0.5) is 11.4 Å². The highest BCUT2D eigenvalue weighted by molar-refractivity contribution is 6.00. The molecule has 4 rings (SSSR count). The van der Waals surface area contributed by atoms with Gasteiger partial charge in [-0.15, -0.1) is 0 Å². The molecule has 0 radical (unpaired) electrons. The van der Waals surface area contributed by atoms with E-state index in [9.17, 15) is 9.59 Å². The van der Waals surface area contributed by atoms with Crippen molar-refractivity contribution in [3.63, 3.8) is 0 Å². The molecule has 0 saturated carbocycles. The number of ether oxygens (including phenoxy) is 2. The smallest absolute Gasteiger partial charge is 0.370 e. The van der Waals surface area contributed by atoms with E-state index in [-0.39, 0.29) is 34.5 Å². The number of carbonyl (C=O) groups excluding carboxylic acids is 2. The van der Waals surface area contributed by atoms with Crippen LogP contribution in [-0.2, 0) is 9.59 Å². The Balaban J connectivity index is 1.33. The van der Waals surface area contributed by atoms with Crippen LogP contribution in [0.15, 0.2) is 166 Å². The van der Waals surface area contributed by atoms with Gasteiger partial charge in [0.25, 0.3) is 0 Å². The van der Waals surface area contributed by atoms with Crippen LogP contribution in [0, 0.1) is 10.8 Å². The average molecular weight is 811 g/mol. The molecule has 60 heavy (non-hydrogen) atoms. The van der Waals surface area contributed by atoms with Crippen molar-refractivity contribution in [2.45, 2.75) is 94.2 Å². The van der Waals surface area contributed by atoms with E-state index < -0.39 is 0 Å². The van der Waals surface area contributed by atoms with Gasteiger partial charge in [0, 0.05) is 47.5 Å². The van der Waals surface area contributed by atoms with Gasteiger partial charge in [0.2, 0.25) is 23.7 Å². The van der Waals surface area contributed by atoms with Crippen LogP contribution in [0.1, 0.15) is 94.2 Å². The Hall–Kier alpha value is -6.02. The van der Waals surface area contributed by atoms with E-state index in [2.05, 4.69) is 116 Å². The molecule has 2 heterocycles. The zero-order valence-corrected chi connectivity index (χ0v) is 37.8. The Morgan fingerprint density at radius 3 is 1.28 bits per heavy atom. The molecule has 4 N–H and O–H groups in total. The van der Waals surface area contributed by atoms with Crippen LogP contribution in [0.3, 0.4) is 0 Å². The fraction of sp³-hybridized carbons (Fsp3) is 0.346. The van der Waals surface area contributed by atoms with Gasteiger partial charge in [-0.1, -0.05) is 135 Å². The van der Waals surface area contributed by atoms with Gasteiger partial charge in [0.05, 0.1) is 26.4 Å². The SMILES string of the molecule is COc1cc(N)cc[n+]1C1CC(C)(C)C(/C=C/C(C)=C/C=C/C(C)=C/C=C/C=C(C)/C=C/C=C(C)/C=C/C2=C(C)C(=O)C([n+]3ccc(N)cc3OC)CC2(C)C)=C(C)C1=O. The lowest BCUT2D eigenvalue weighted by Crippen LogP contribution is -2.49. The molecule has 0 saturated heterocycles. The maximum Gasteiger partial charge on any atom is 0.370 e. The molecule has 8 heteroatoms. The largest absolute Gasteiger partial charge is 0.448 e. The van der Waals surface area contributed by atoms with Crippen molar-refractivity contribution < 1.29 is 28.2 Å². The number of carbonyl (C=O) groups is 2. The van der Waals surface area contributed by atoms with Gasteiger partial charge < -0.3 is 20.9 Å². The number of hydrogen-bond acceptors (Lipinski definition) is 6. The van der Waals surface area contributed by atoms with Crippen molar-refractivity contribution >= 4 is 22.9 Å². The number of anilines is 2. The van der Waals surface area contributed by atoms with E-state index in [1.165, 1.54) is 0 Å². The summed E-state index contributed by atoms with van der Waals surface area (Å²) in [6.07, 6.45) is 34.0. The molecule has 0 bridgehead atoms. The first-order valence-corrected chi connectivity index (χ1v) is 20.6. The third kappa shape index (κ3) is 11.8. The van der Waals surface area contributed by atoms with Crippen molar-refractivity contribution in [1.82, 2.24) is 0 Å². The van der Waals surface area contributed by atoms with Gasteiger partial charge >= 0.3 is 11.8 Å². The fourth-order valence-corrected chi connectivity index (χ4v) is 7.93. The second-order valence-electron chi connectivity index (χ2n) is 17.2. The van der Waals surface area contributed by atoms with Crippen LogP contribution in [-0.4, -0.2) is 25.8 Å². The number of allylic oxidation sites excluding steroid dienone is 22. The van der Waals surface area contributed by atoms with Gasteiger partial charge in [-0.25, -0.2) is 0 Å². The number of Topliss-reactive ketones (excluding diaryl/α,β-unsaturated/α-hetero) is 2. The van der Waals surface area contributed by atoms with Gasteiger partial charge in [0.1, 0.15) is 0 Å². The Morgan fingerprint density at radius 2 is 0.933 bits per heavy atom. The van der Waals surface area contributed by atoms with E-state index in [1.807, 2.05) is 59.7 Å². The summed E-state index contributed by atoms with van der Waals surface area (Å²) < 4.78 is 14.9. The molecule has 0 aromatic carbocycles. The number of nitrogens with two attached hydrogens (primary N) is 2. The van der Waals surface area contributed by atoms with Crippen molar-refractivity contribution in [2.75, 3.05) is 25.7 Å². The molecule has 2 atom stereocenters. The van der Waals surface area contributed by atoms with Gasteiger partial charge in [-0.2, -0.15) is 9.13 Å². The molecule has 0 amide bonds. The Bertz CT molecular complexity index is 2160. The van der Waals surface area contributed by atoms with Crippen LogP contribution in [0.25, 0.3) is 0 Å². The first kappa shape index (κ1) is 46.7. The second-order valence-corrected chi connectivity index (χ2v) is 17.2. The predicted octanol–water partition coefficient (Wildman–Crippen LogP) is 10.4. The van der Waals surface area contributed by atoms with Gasteiger partial charge in [-0.05, 0) is 63.5 Å². The second kappa shape index (κ2) is 20.3. The highest BCUT2D eigenvalue weighted by atomic mass is 16.5. The summed E-state index contributed by atoms with van der Waals surface area (Å²) in [6, 6.07) is 6.39. The maximum absolute atomic E-state index is 13.6. The highest BCUT2D eigenvalue weighted by Gasteiger charge is 2.45. The number of aromatic nitrogens is 2. The fourth-order valence-electron chi connectivity index (χ4n) is 7.93. The summed E-state index contributed by atoms with van der Waals surface area (Å²) in [5.41, 5.74) is 20.7. The molecule has 2 aromatic rings. The van der Waals surface area contributed by atoms with E-state index in [1.54, 1.807) is 38.5 Å². The lowest BCUT2D eigenvalue weighted by Gasteiger charge is -2.34. The molecule has 0 fully saturated rings. The minimum Gasteiger partial charge on any atom is -0.448 e.